The number of hydrogen-bond donors (Lipinski definition) is 2. The van der Waals surface area contributed by atoms with Crippen LogP contribution in [0.15, 0.2) is 16.3 Å². The van der Waals surface area contributed by atoms with Gasteiger partial charge in [0.25, 0.3) is 0 Å². The largest absolute Gasteiger partial charge is 0.396 e. The molecule has 2 rings (SSSR count). The normalized spacial score (nSPS) is 25.2. The summed E-state index contributed by atoms with van der Waals surface area (Å²) in [7, 11) is -3.51. The Labute approximate surface area is 116 Å². The molecule has 1 aliphatic carbocycles. The van der Waals surface area contributed by atoms with Gasteiger partial charge in [-0.1, -0.05) is 24.4 Å². The van der Waals surface area contributed by atoms with Gasteiger partial charge >= 0.3 is 0 Å². The molecule has 0 amide bonds. The number of aliphatic hydroxyl groups is 1. The topological polar surface area (TPSA) is 66.4 Å². The van der Waals surface area contributed by atoms with Gasteiger partial charge in [-0.05, 0) is 30.9 Å². The van der Waals surface area contributed by atoms with E-state index in [4.69, 9.17) is 11.6 Å². The zero-order chi connectivity index (χ0) is 13.2. The number of nitrogens with one attached hydrogen (secondary N) is 1. The van der Waals surface area contributed by atoms with Gasteiger partial charge in [0.05, 0.1) is 4.34 Å². The lowest BCUT2D eigenvalue weighted by atomic mass is 9.86. The lowest BCUT2D eigenvalue weighted by Gasteiger charge is -2.30. The third-order valence-corrected chi connectivity index (χ3v) is 6.48. The highest BCUT2D eigenvalue weighted by Gasteiger charge is 2.29. The third-order valence-electron chi connectivity index (χ3n) is 3.26. The van der Waals surface area contributed by atoms with Gasteiger partial charge in [-0.2, -0.15) is 0 Å². The van der Waals surface area contributed by atoms with Gasteiger partial charge in [-0.15, -0.1) is 11.3 Å². The Hall–Kier alpha value is -0.140. The molecular weight excluding hydrogens is 294 g/mol. The number of rotatable bonds is 4. The molecule has 0 aliphatic heterocycles. The summed E-state index contributed by atoms with van der Waals surface area (Å²) in [6.45, 7) is 0.0262. The van der Waals surface area contributed by atoms with Crippen LogP contribution in [0.4, 0.5) is 0 Å². The monoisotopic (exact) mass is 309 g/mol. The molecule has 1 aromatic rings. The average Bonchev–Trinajstić information content (AvgIpc) is 2.77. The Bertz CT molecular complexity index is 500. The van der Waals surface area contributed by atoms with Crippen molar-refractivity contribution < 1.29 is 13.5 Å². The fourth-order valence-corrected chi connectivity index (χ4v) is 5.12. The second-order valence-corrected chi connectivity index (χ2v) is 8.17. The van der Waals surface area contributed by atoms with Crippen LogP contribution in [0.5, 0.6) is 0 Å². The highest BCUT2D eigenvalue weighted by molar-refractivity contribution is 7.91. The van der Waals surface area contributed by atoms with E-state index in [1.807, 2.05) is 0 Å². The lowest BCUT2D eigenvalue weighted by Crippen LogP contribution is -2.43. The van der Waals surface area contributed by atoms with E-state index in [1.165, 1.54) is 6.07 Å². The van der Waals surface area contributed by atoms with Crippen LogP contribution in [0.1, 0.15) is 25.7 Å². The maximum Gasteiger partial charge on any atom is 0.250 e. The SMILES string of the molecule is O=S(=O)(N[C@@H]1CCCC[C@H]1CO)c1ccc(Cl)s1. The van der Waals surface area contributed by atoms with Crippen LogP contribution in [0, 0.1) is 5.92 Å². The zero-order valence-electron chi connectivity index (χ0n) is 9.80. The van der Waals surface area contributed by atoms with Crippen LogP contribution in [0.3, 0.4) is 0 Å². The Balaban J connectivity index is 2.12. The number of sulfonamides is 1. The van der Waals surface area contributed by atoms with Crippen LogP contribution in [0.2, 0.25) is 4.34 Å². The minimum absolute atomic E-state index is 0.0176. The Morgan fingerprint density at radius 1 is 1.39 bits per heavy atom. The van der Waals surface area contributed by atoms with Gasteiger partial charge in [0, 0.05) is 12.6 Å². The Morgan fingerprint density at radius 3 is 2.72 bits per heavy atom. The first-order valence-electron chi connectivity index (χ1n) is 5.91. The summed E-state index contributed by atoms with van der Waals surface area (Å²) >= 11 is 6.80. The van der Waals surface area contributed by atoms with Crippen molar-refractivity contribution in [2.75, 3.05) is 6.61 Å². The maximum atomic E-state index is 12.1. The number of halogens is 1. The molecule has 1 fully saturated rings. The van der Waals surface area contributed by atoms with E-state index >= 15 is 0 Å². The van der Waals surface area contributed by atoms with Gasteiger partial charge in [0.1, 0.15) is 4.21 Å². The number of thiophene rings is 1. The molecule has 1 saturated carbocycles. The van der Waals surface area contributed by atoms with Crippen molar-refractivity contribution in [1.29, 1.82) is 0 Å². The van der Waals surface area contributed by atoms with Gasteiger partial charge < -0.3 is 5.11 Å². The first kappa shape index (κ1) is 14.3. The van der Waals surface area contributed by atoms with Crippen molar-refractivity contribution in [3.8, 4) is 0 Å². The fourth-order valence-electron chi connectivity index (χ4n) is 2.28. The summed E-state index contributed by atoms with van der Waals surface area (Å²) in [4.78, 5) is 0. The molecular formula is C11H16ClNO3S2. The van der Waals surface area contributed by atoms with Crippen LogP contribution in [-0.2, 0) is 10.0 Å². The van der Waals surface area contributed by atoms with E-state index < -0.39 is 10.0 Å². The van der Waals surface area contributed by atoms with Crippen molar-refractivity contribution in [2.45, 2.75) is 35.9 Å². The van der Waals surface area contributed by atoms with E-state index in [0.717, 1.165) is 37.0 Å². The second-order valence-electron chi connectivity index (χ2n) is 4.51. The molecule has 1 aromatic heterocycles. The molecule has 0 bridgehead atoms. The molecule has 18 heavy (non-hydrogen) atoms. The second kappa shape index (κ2) is 5.88. The van der Waals surface area contributed by atoms with Crippen molar-refractivity contribution in [1.82, 2.24) is 4.72 Å². The minimum atomic E-state index is -3.51. The first-order valence-corrected chi connectivity index (χ1v) is 8.59. The summed E-state index contributed by atoms with van der Waals surface area (Å²) < 4.78 is 27.6. The molecule has 4 nitrogen and oxygen atoms in total. The van der Waals surface area contributed by atoms with Crippen molar-refractivity contribution in [3.05, 3.63) is 16.5 Å². The molecule has 102 valence electrons. The van der Waals surface area contributed by atoms with Crippen molar-refractivity contribution >= 4 is 33.0 Å². The van der Waals surface area contributed by atoms with E-state index in [1.54, 1.807) is 6.07 Å². The Morgan fingerprint density at radius 2 is 2.11 bits per heavy atom. The first-order chi connectivity index (χ1) is 8.53. The lowest BCUT2D eigenvalue weighted by molar-refractivity contribution is 0.164. The number of hydrogen-bond acceptors (Lipinski definition) is 4. The highest BCUT2D eigenvalue weighted by atomic mass is 35.5. The molecule has 1 heterocycles. The molecule has 1 aliphatic rings. The van der Waals surface area contributed by atoms with Crippen LogP contribution < -0.4 is 4.72 Å². The predicted molar refractivity (Wildman–Crippen MR) is 72.5 cm³/mol. The summed E-state index contributed by atoms with van der Waals surface area (Å²) in [5.41, 5.74) is 0. The van der Waals surface area contributed by atoms with E-state index in [-0.39, 0.29) is 22.8 Å². The third kappa shape index (κ3) is 3.24. The van der Waals surface area contributed by atoms with Crippen molar-refractivity contribution in [2.24, 2.45) is 5.92 Å². The van der Waals surface area contributed by atoms with E-state index in [9.17, 15) is 13.5 Å². The summed E-state index contributed by atoms with van der Waals surface area (Å²) in [6, 6.07) is 2.91. The molecule has 7 heteroatoms. The van der Waals surface area contributed by atoms with Gasteiger partial charge in [0.15, 0.2) is 0 Å². The Kier molecular flexibility index (Phi) is 4.66. The van der Waals surface area contributed by atoms with Crippen LogP contribution >= 0.6 is 22.9 Å². The van der Waals surface area contributed by atoms with Crippen LogP contribution in [0.25, 0.3) is 0 Å². The zero-order valence-corrected chi connectivity index (χ0v) is 12.2. The molecule has 0 saturated heterocycles. The van der Waals surface area contributed by atoms with Crippen LogP contribution in [-0.4, -0.2) is 26.2 Å². The quantitative estimate of drug-likeness (QED) is 0.896. The van der Waals surface area contributed by atoms with Gasteiger partial charge in [-0.25, -0.2) is 13.1 Å². The fraction of sp³-hybridized carbons (Fsp3) is 0.636. The van der Waals surface area contributed by atoms with E-state index in [0.29, 0.717) is 4.34 Å². The van der Waals surface area contributed by atoms with Crippen molar-refractivity contribution in [3.63, 3.8) is 0 Å². The average molecular weight is 310 g/mol. The standard InChI is InChI=1S/C11H16ClNO3S2/c12-10-5-6-11(17-10)18(15,16)13-9-4-2-1-3-8(9)7-14/h5-6,8-9,13-14H,1-4,7H2/t8-,9+/m0/s1. The predicted octanol–water partition coefficient (Wildman–Crippen LogP) is 2.23. The molecule has 0 aromatic carbocycles. The molecule has 0 unspecified atom stereocenters. The molecule has 2 N–H and O–H groups in total. The molecule has 0 radical (unpaired) electrons. The highest BCUT2D eigenvalue weighted by Crippen LogP contribution is 2.28. The molecule has 2 atom stereocenters. The minimum Gasteiger partial charge on any atom is -0.396 e. The number of aliphatic hydroxyl groups excluding tert-OH is 1. The summed E-state index contributed by atoms with van der Waals surface area (Å²) in [5.74, 6) is 0.0176. The van der Waals surface area contributed by atoms with E-state index in [2.05, 4.69) is 4.72 Å². The maximum absolute atomic E-state index is 12.1. The van der Waals surface area contributed by atoms with Gasteiger partial charge in [-0.3, -0.25) is 0 Å². The smallest absolute Gasteiger partial charge is 0.250 e. The summed E-state index contributed by atoms with van der Waals surface area (Å²) in [5, 5.41) is 9.28. The molecule has 0 spiro atoms. The summed E-state index contributed by atoms with van der Waals surface area (Å²) in [6.07, 6.45) is 3.70. The van der Waals surface area contributed by atoms with Gasteiger partial charge in [0.2, 0.25) is 10.0 Å².